The number of ether oxygens (including phenoxy) is 1. The SMILES string of the molecule is CC(C)Oc1ccc(C(NC=O)C(=O)O)cc1. The quantitative estimate of drug-likeness (QED) is 0.732. The standard InChI is InChI=1S/C12H15NO4/c1-8(2)17-10-5-3-9(4-6-10)11(12(15)16)13-7-14/h3-8,11H,1-2H3,(H,13,14)(H,15,16). The zero-order chi connectivity index (χ0) is 12.8. The van der Waals surface area contributed by atoms with Gasteiger partial charge < -0.3 is 15.2 Å². The number of amides is 1. The summed E-state index contributed by atoms with van der Waals surface area (Å²) < 4.78 is 5.43. The number of nitrogens with one attached hydrogen (secondary N) is 1. The van der Waals surface area contributed by atoms with Crippen LogP contribution in [0.15, 0.2) is 24.3 Å². The molecule has 0 saturated heterocycles. The lowest BCUT2D eigenvalue weighted by Gasteiger charge is -2.13. The first-order valence-electron chi connectivity index (χ1n) is 5.23. The van der Waals surface area contributed by atoms with Gasteiger partial charge >= 0.3 is 5.97 Å². The van der Waals surface area contributed by atoms with E-state index in [2.05, 4.69) is 5.32 Å². The number of carboxylic acids is 1. The molecule has 0 aromatic heterocycles. The number of carbonyl (C=O) groups is 2. The third kappa shape index (κ3) is 3.79. The molecule has 5 nitrogen and oxygen atoms in total. The maximum Gasteiger partial charge on any atom is 0.330 e. The van der Waals surface area contributed by atoms with E-state index in [-0.39, 0.29) is 6.10 Å². The zero-order valence-electron chi connectivity index (χ0n) is 9.71. The summed E-state index contributed by atoms with van der Waals surface area (Å²) in [6.45, 7) is 3.81. The second-order valence-electron chi connectivity index (χ2n) is 3.79. The summed E-state index contributed by atoms with van der Waals surface area (Å²) in [6.07, 6.45) is 0.432. The number of carbonyl (C=O) groups excluding carboxylic acids is 1. The van der Waals surface area contributed by atoms with Gasteiger partial charge in [0.25, 0.3) is 0 Å². The van der Waals surface area contributed by atoms with Crippen molar-refractivity contribution < 1.29 is 19.4 Å². The second kappa shape index (κ2) is 5.89. The molecule has 1 aromatic rings. The molecular formula is C12H15NO4. The van der Waals surface area contributed by atoms with Crippen molar-refractivity contribution in [1.29, 1.82) is 0 Å². The molecule has 5 heteroatoms. The van der Waals surface area contributed by atoms with Gasteiger partial charge in [-0.25, -0.2) is 4.79 Å². The highest BCUT2D eigenvalue weighted by molar-refractivity contribution is 5.78. The normalized spacial score (nSPS) is 11.9. The fourth-order valence-corrected chi connectivity index (χ4v) is 1.39. The number of rotatable bonds is 6. The minimum atomic E-state index is -1.10. The van der Waals surface area contributed by atoms with Crippen LogP contribution in [0.2, 0.25) is 0 Å². The topological polar surface area (TPSA) is 75.6 Å². The van der Waals surface area contributed by atoms with E-state index >= 15 is 0 Å². The predicted octanol–water partition coefficient (Wildman–Crippen LogP) is 1.35. The van der Waals surface area contributed by atoms with Gasteiger partial charge in [-0.2, -0.15) is 0 Å². The maximum atomic E-state index is 10.9. The molecule has 1 amide bonds. The van der Waals surface area contributed by atoms with Crippen molar-refractivity contribution >= 4 is 12.4 Å². The van der Waals surface area contributed by atoms with E-state index in [0.717, 1.165) is 0 Å². The Hall–Kier alpha value is -2.04. The molecule has 1 rings (SSSR count). The Morgan fingerprint density at radius 2 is 1.94 bits per heavy atom. The van der Waals surface area contributed by atoms with Crippen molar-refractivity contribution in [3.8, 4) is 5.75 Å². The van der Waals surface area contributed by atoms with Gasteiger partial charge in [-0.05, 0) is 31.5 Å². The maximum absolute atomic E-state index is 10.9. The molecule has 92 valence electrons. The summed E-state index contributed by atoms with van der Waals surface area (Å²) in [5.41, 5.74) is 0.501. The Morgan fingerprint density at radius 1 is 1.35 bits per heavy atom. The van der Waals surface area contributed by atoms with Crippen LogP contribution >= 0.6 is 0 Å². The molecule has 1 unspecified atom stereocenters. The first-order valence-corrected chi connectivity index (χ1v) is 5.23. The molecule has 0 bridgehead atoms. The van der Waals surface area contributed by atoms with Gasteiger partial charge in [0, 0.05) is 0 Å². The molecule has 0 spiro atoms. The molecule has 2 N–H and O–H groups in total. The van der Waals surface area contributed by atoms with E-state index in [1.807, 2.05) is 13.8 Å². The monoisotopic (exact) mass is 237 g/mol. The van der Waals surface area contributed by atoms with Crippen LogP contribution in [0.5, 0.6) is 5.75 Å². The summed E-state index contributed by atoms with van der Waals surface area (Å²) in [5.74, 6) is -0.436. The molecule has 0 radical (unpaired) electrons. The van der Waals surface area contributed by atoms with Gasteiger partial charge in [-0.15, -0.1) is 0 Å². The highest BCUT2D eigenvalue weighted by Crippen LogP contribution is 2.18. The van der Waals surface area contributed by atoms with Crippen LogP contribution in [-0.4, -0.2) is 23.6 Å². The smallest absolute Gasteiger partial charge is 0.330 e. The lowest BCUT2D eigenvalue weighted by Crippen LogP contribution is -2.27. The summed E-state index contributed by atoms with van der Waals surface area (Å²) in [7, 11) is 0. The molecule has 0 aliphatic rings. The summed E-state index contributed by atoms with van der Waals surface area (Å²) in [5, 5.41) is 11.2. The van der Waals surface area contributed by atoms with Gasteiger partial charge in [0.05, 0.1) is 6.10 Å². The van der Waals surface area contributed by atoms with Gasteiger partial charge in [0.1, 0.15) is 5.75 Å². The molecule has 0 heterocycles. The van der Waals surface area contributed by atoms with Crippen LogP contribution in [0.4, 0.5) is 0 Å². The molecule has 1 aromatic carbocycles. The third-order valence-corrected chi connectivity index (χ3v) is 2.07. The Balaban J connectivity index is 2.84. The molecule has 0 aliphatic carbocycles. The van der Waals surface area contributed by atoms with E-state index in [1.165, 1.54) is 0 Å². The number of aliphatic carboxylic acids is 1. The van der Waals surface area contributed by atoms with E-state index in [0.29, 0.717) is 17.7 Å². The van der Waals surface area contributed by atoms with Crippen molar-refractivity contribution in [2.24, 2.45) is 0 Å². The highest BCUT2D eigenvalue weighted by atomic mass is 16.5. The fourth-order valence-electron chi connectivity index (χ4n) is 1.39. The molecular weight excluding hydrogens is 222 g/mol. The van der Waals surface area contributed by atoms with Gasteiger partial charge in [-0.1, -0.05) is 12.1 Å². The van der Waals surface area contributed by atoms with E-state index in [4.69, 9.17) is 9.84 Å². The Labute approximate surface area is 99.4 Å². The average Bonchev–Trinajstić information content (AvgIpc) is 2.26. The predicted molar refractivity (Wildman–Crippen MR) is 61.8 cm³/mol. The van der Waals surface area contributed by atoms with Gasteiger partial charge in [0.2, 0.25) is 6.41 Å². The summed E-state index contributed by atoms with van der Waals surface area (Å²) in [4.78, 5) is 21.2. The van der Waals surface area contributed by atoms with Crippen molar-refractivity contribution in [2.75, 3.05) is 0 Å². The van der Waals surface area contributed by atoms with Crippen LogP contribution in [-0.2, 0) is 9.59 Å². The Morgan fingerprint density at radius 3 is 2.35 bits per heavy atom. The Kier molecular flexibility index (Phi) is 4.51. The van der Waals surface area contributed by atoms with E-state index in [1.54, 1.807) is 24.3 Å². The summed E-state index contributed by atoms with van der Waals surface area (Å²) in [6, 6.07) is 5.57. The minimum absolute atomic E-state index is 0.0595. The third-order valence-electron chi connectivity index (χ3n) is 2.07. The van der Waals surface area contributed by atoms with Gasteiger partial charge in [0.15, 0.2) is 6.04 Å². The average molecular weight is 237 g/mol. The minimum Gasteiger partial charge on any atom is -0.491 e. The highest BCUT2D eigenvalue weighted by Gasteiger charge is 2.18. The first-order chi connectivity index (χ1) is 8.04. The molecule has 1 atom stereocenters. The molecule has 0 saturated carbocycles. The van der Waals surface area contributed by atoms with Crippen LogP contribution in [0.25, 0.3) is 0 Å². The van der Waals surface area contributed by atoms with Crippen molar-refractivity contribution in [1.82, 2.24) is 5.32 Å². The van der Waals surface area contributed by atoms with Gasteiger partial charge in [-0.3, -0.25) is 4.79 Å². The van der Waals surface area contributed by atoms with Crippen LogP contribution in [0, 0.1) is 0 Å². The number of hydrogen-bond acceptors (Lipinski definition) is 3. The molecule has 0 fully saturated rings. The molecule has 17 heavy (non-hydrogen) atoms. The van der Waals surface area contributed by atoms with Crippen LogP contribution in [0.1, 0.15) is 25.5 Å². The number of carboxylic acid groups (broad SMARTS) is 1. The van der Waals surface area contributed by atoms with E-state index < -0.39 is 12.0 Å². The van der Waals surface area contributed by atoms with Crippen molar-refractivity contribution in [3.63, 3.8) is 0 Å². The van der Waals surface area contributed by atoms with Crippen LogP contribution in [0.3, 0.4) is 0 Å². The van der Waals surface area contributed by atoms with Crippen molar-refractivity contribution in [2.45, 2.75) is 26.0 Å². The summed E-state index contributed by atoms with van der Waals surface area (Å²) >= 11 is 0. The largest absolute Gasteiger partial charge is 0.491 e. The van der Waals surface area contributed by atoms with E-state index in [9.17, 15) is 9.59 Å². The fraction of sp³-hybridized carbons (Fsp3) is 0.333. The number of hydrogen-bond donors (Lipinski definition) is 2. The zero-order valence-corrected chi connectivity index (χ0v) is 9.71. The lowest BCUT2D eigenvalue weighted by atomic mass is 10.1. The second-order valence-corrected chi connectivity index (χ2v) is 3.79. The first kappa shape index (κ1) is 13.0. The Bertz CT molecular complexity index is 386. The molecule has 0 aliphatic heterocycles. The van der Waals surface area contributed by atoms with Crippen LogP contribution < -0.4 is 10.1 Å². The van der Waals surface area contributed by atoms with Crippen molar-refractivity contribution in [3.05, 3.63) is 29.8 Å². The lowest BCUT2D eigenvalue weighted by molar-refractivity contribution is -0.140. The number of benzene rings is 1.